The molecule has 7 heteroatoms. The summed E-state index contributed by atoms with van der Waals surface area (Å²) in [5.41, 5.74) is 1.56. The molecule has 0 aromatic carbocycles. The molecule has 0 aliphatic carbocycles. The number of amides is 1. The smallest absolute Gasteiger partial charge is 0.309 e. The summed E-state index contributed by atoms with van der Waals surface area (Å²) in [4.78, 5) is 25.5. The standard InChI is InChI=1S/C17H26N4O3/c1-16(2,3)13-8-11(19-20-13)10-21-6-4-17(5-7-21)12(15(23)24)9-14(22)18-17/h8,12H,4-7,9-10H2,1-3H3,(H,18,22)(H,19,20)(H,23,24). The van der Waals surface area contributed by atoms with Gasteiger partial charge in [-0.25, -0.2) is 0 Å². The van der Waals surface area contributed by atoms with Crippen LogP contribution in [-0.4, -0.2) is 50.7 Å². The molecule has 3 heterocycles. The summed E-state index contributed by atoms with van der Waals surface area (Å²) in [6.45, 7) is 8.71. The van der Waals surface area contributed by atoms with Crippen molar-refractivity contribution in [3.05, 3.63) is 17.5 Å². The van der Waals surface area contributed by atoms with Crippen LogP contribution in [0.5, 0.6) is 0 Å². The van der Waals surface area contributed by atoms with Gasteiger partial charge < -0.3 is 10.4 Å². The molecule has 0 bridgehead atoms. The average Bonchev–Trinajstić information content (AvgIpc) is 3.06. The molecule has 1 aromatic rings. The van der Waals surface area contributed by atoms with Crippen molar-refractivity contribution >= 4 is 11.9 Å². The van der Waals surface area contributed by atoms with Crippen molar-refractivity contribution in [3.63, 3.8) is 0 Å². The number of carbonyl (C=O) groups is 2. The van der Waals surface area contributed by atoms with E-state index in [0.29, 0.717) is 12.8 Å². The van der Waals surface area contributed by atoms with Crippen LogP contribution < -0.4 is 5.32 Å². The topological polar surface area (TPSA) is 98.3 Å². The lowest BCUT2D eigenvalue weighted by molar-refractivity contribution is -0.144. The lowest BCUT2D eigenvalue weighted by Gasteiger charge is -2.41. The van der Waals surface area contributed by atoms with E-state index < -0.39 is 17.4 Å². The highest BCUT2D eigenvalue weighted by Gasteiger charge is 2.51. The van der Waals surface area contributed by atoms with Gasteiger partial charge in [-0.15, -0.1) is 0 Å². The van der Waals surface area contributed by atoms with E-state index in [9.17, 15) is 14.7 Å². The van der Waals surface area contributed by atoms with Crippen molar-refractivity contribution in [2.24, 2.45) is 5.92 Å². The van der Waals surface area contributed by atoms with E-state index in [-0.39, 0.29) is 17.7 Å². The first-order valence-corrected chi connectivity index (χ1v) is 8.50. The van der Waals surface area contributed by atoms with Crippen molar-refractivity contribution in [2.45, 2.75) is 57.5 Å². The van der Waals surface area contributed by atoms with Gasteiger partial charge in [0.25, 0.3) is 0 Å². The predicted octanol–water partition coefficient (Wildman–Crippen LogP) is 1.26. The summed E-state index contributed by atoms with van der Waals surface area (Å²) in [5.74, 6) is -1.61. The third-order valence-corrected chi connectivity index (χ3v) is 5.28. The molecule has 1 aromatic heterocycles. The normalized spacial score (nSPS) is 24.3. The minimum atomic E-state index is -0.870. The number of aromatic amines is 1. The van der Waals surface area contributed by atoms with Gasteiger partial charge in [-0.2, -0.15) is 5.10 Å². The van der Waals surface area contributed by atoms with E-state index in [1.807, 2.05) is 0 Å². The Morgan fingerprint density at radius 3 is 2.62 bits per heavy atom. The number of nitrogens with one attached hydrogen (secondary N) is 2. The fourth-order valence-electron chi connectivity index (χ4n) is 3.77. The Morgan fingerprint density at radius 2 is 2.08 bits per heavy atom. The van der Waals surface area contributed by atoms with E-state index in [2.05, 4.69) is 47.3 Å². The van der Waals surface area contributed by atoms with Crippen LogP contribution in [0.25, 0.3) is 0 Å². The summed E-state index contributed by atoms with van der Waals surface area (Å²) in [6.07, 6.45) is 1.46. The number of aromatic nitrogens is 2. The Kier molecular flexibility index (Phi) is 4.15. The van der Waals surface area contributed by atoms with Crippen molar-refractivity contribution in [2.75, 3.05) is 13.1 Å². The Labute approximate surface area is 141 Å². The van der Waals surface area contributed by atoms with E-state index in [1.165, 1.54) is 0 Å². The number of piperidine rings is 1. The minimum absolute atomic E-state index is 0.0174. The lowest BCUT2D eigenvalue weighted by Crippen LogP contribution is -2.55. The van der Waals surface area contributed by atoms with Crippen LogP contribution in [0.15, 0.2) is 6.07 Å². The van der Waals surface area contributed by atoms with Crippen LogP contribution in [0.1, 0.15) is 51.4 Å². The van der Waals surface area contributed by atoms with E-state index in [1.54, 1.807) is 0 Å². The number of aliphatic carboxylic acids is 1. The third-order valence-electron chi connectivity index (χ3n) is 5.28. The molecule has 7 nitrogen and oxygen atoms in total. The minimum Gasteiger partial charge on any atom is -0.481 e. The van der Waals surface area contributed by atoms with Gasteiger partial charge in [0, 0.05) is 37.2 Å². The molecule has 3 rings (SSSR count). The molecule has 0 saturated carbocycles. The number of hydrogen-bond acceptors (Lipinski definition) is 4. The number of likely N-dealkylation sites (tertiary alicyclic amines) is 1. The fourth-order valence-corrected chi connectivity index (χ4v) is 3.77. The molecular formula is C17H26N4O3. The molecular weight excluding hydrogens is 308 g/mol. The van der Waals surface area contributed by atoms with Crippen molar-refractivity contribution in [1.29, 1.82) is 0 Å². The van der Waals surface area contributed by atoms with Gasteiger partial charge in [-0.05, 0) is 18.9 Å². The monoisotopic (exact) mass is 334 g/mol. The number of nitrogens with zero attached hydrogens (tertiary/aromatic N) is 2. The maximum atomic E-state index is 11.7. The van der Waals surface area contributed by atoms with Crippen LogP contribution in [0, 0.1) is 5.92 Å². The first-order chi connectivity index (χ1) is 11.2. The number of carboxylic acids is 1. The van der Waals surface area contributed by atoms with Crippen LogP contribution in [-0.2, 0) is 21.5 Å². The quantitative estimate of drug-likeness (QED) is 0.773. The number of hydrogen-bond donors (Lipinski definition) is 3. The van der Waals surface area contributed by atoms with Gasteiger partial charge in [-0.1, -0.05) is 20.8 Å². The zero-order chi connectivity index (χ0) is 17.5. The summed E-state index contributed by atoms with van der Waals surface area (Å²) >= 11 is 0. The van der Waals surface area contributed by atoms with Gasteiger partial charge in [0.1, 0.15) is 0 Å². The molecule has 1 unspecified atom stereocenters. The SMILES string of the molecule is CC(C)(C)c1cc(CN2CCC3(CC2)NC(=O)CC3C(=O)O)[nH]n1. The largest absolute Gasteiger partial charge is 0.481 e. The number of carbonyl (C=O) groups excluding carboxylic acids is 1. The Balaban J connectivity index is 1.62. The summed E-state index contributed by atoms with van der Waals surface area (Å²) in [7, 11) is 0. The van der Waals surface area contributed by atoms with Gasteiger partial charge in [0.05, 0.1) is 17.2 Å². The van der Waals surface area contributed by atoms with E-state index in [4.69, 9.17) is 0 Å². The summed E-state index contributed by atoms with van der Waals surface area (Å²) < 4.78 is 0. The van der Waals surface area contributed by atoms with Crippen molar-refractivity contribution in [3.8, 4) is 0 Å². The first-order valence-electron chi connectivity index (χ1n) is 8.50. The lowest BCUT2D eigenvalue weighted by atomic mass is 9.77. The second kappa shape index (κ2) is 5.88. The summed E-state index contributed by atoms with van der Waals surface area (Å²) in [6, 6.07) is 2.10. The molecule has 1 amide bonds. The molecule has 2 fully saturated rings. The van der Waals surface area contributed by atoms with Crippen LogP contribution in [0.3, 0.4) is 0 Å². The molecule has 2 aliphatic rings. The maximum Gasteiger partial charge on any atom is 0.309 e. The van der Waals surface area contributed by atoms with Crippen molar-refractivity contribution < 1.29 is 14.7 Å². The first kappa shape index (κ1) is 17.0. The van der Waals surface area contributed by atoms with Crippen LogP contribution in [0.2, 0.25) is 0 Å². The van der Waals surface area contributed by atoms with Crippen molar-refractivity contribution in [1.82, 2.24) is 20.4 Å². The third kappa shape index (κ3) is 3.17. The highest BCUT2D eigenvalue weighted by atomic mass is 16.4. The zero-order valence-electron chi connectivity index (χ0n) is 14.6. The van der Waals surface area contributed by atoms with E-state index >= 15 is 0 Å². The highest BCUT2D eigenvalue weighted by Crippen LogP contribution is 2.37. The predicted molar refractivity (Wildman–Crippen MR) is 88.4 cm³/mol. The molecule has 0 radical (unpaired) electrons. The van der Waals surface area contributed by atoms with Gasteiger partial charge in [0.2, 0.25) is 5.91 Å². The Hall–Kier alpha value is -1.89. The molecule has 1 spiro atoms. The van der Waals surface area contributed by atoms with Gasteiger partial charge >= 0.3 is 5.97 Å². The average molecular weight is 334 g/mol. The molecule has 1 atom stereocenters. The molecule has 2 saturated heterocycles. The number of carboxylic acid groups (broad SMARTS) is 1. The molecule has 3 N–H and O–H groups in total. The van der Waals surface area contributed by atoms with Crippen LogP contribution in [0.4, 0.5) is 0 Å². The van der Waals surface area contributed by atoms with Gasteiger partial charge in [0.15, 0.2) is 0 Å². The van der Waals surface area contributed by atoms with Crippen LogP contribution >= 0.6 is 0 Å². The number of H-pyrrole nitrogens is 1. The van der Waals surface area contributed by atoms with E-state index in [0.717, 1.165) is 31.0 Å². The second-order valence-corrected chi connectivity index (χ2v) is 8.10. The zero-order valence-corrected chi connectivity index (χ0v) is 14.6. The van der Waals surface area contributed by atoms with Gasteiger partial charge in [-0.3, -0.25) is 19.6 Å². The number of rotatable bonds is 3. The Morgan fingerprint density at radius 1 is 1.42 bits per heavy atom. The molecule has 132 valence electrons. The Bertz CT molecular complexity index is 639. The highest BCUT2D eigenvalue weighted by molar-refractivity contribution is 5.88. The molecule has 24 heavy (non-hydrogen) atoms. The fraction of sp³-hybridized carbons (Fsp3) is 0.706. The second-order valence-electron chi connectivity index (χ2n) is 8.10. The molecule has 2 aliphatic heterocycles. The summed E-state index contributed by atoms with van der Waals surface area (Å²) in [5, 5.41) is 19.8. The maximum absolute atomic E-state index is 11.7.